The number of nitrogens with one attached hydrogen (secondary N) is 1. The highest BCUT2D eigenvalue weighted by atomic mass is 79.9. The molecular weight excluding hydrogens is 336 g/mol. The van der Waals surface area contributed by atoms with Crippen LogP contribution in [0.15, 0.2) is 39.7 Å². The van der Waals surface area contributed by atoms with E-state index in [4.69, 9.17) is 9.47 Å². The Bertz CT molecular complexity index is 698. The summed E-state index contributed by atoms with van der Waals surface area (Å²) in [4.78, 5) is 11.4. The number of halogens is 1. The number of benzene rings is 1. The number of hydrogen-bond acceptors (Lipinski definition) is 4. The molecule has 0 saturated carbocycles. The van der Waals surface area contributed by atoms with Crippen molar-refractivity contribution in [2.75, 3.05) is 19.5 Å². The van der Waals surface area contributed by atoms with Gasteiger partial charge in [0.1, 0.15) is 0 Å². The fraction of sp³-hybridized carbons (Fsp3) is 0.267. The Labute approximate surface area is 131 Å². The molecule has 0 fully saturated rings. The summed E-state index contributed by atoms with van der Waals surface area (Å²) in [5.41, 5.74) is 1.87. The van der Waals surface area contributed by atoms with Crippen molar-refractivity contribution in [1.82, 2.24) is 4.57 Å². The van der Waals surface area contributed by atoms with Crippen molar-refractivity contribution in [2.24, 2.45) is 7.05 Å². The Balaban J connectivity index is 2.19. The zero-order valence-corrected chi connectivity index (χ0v) is 13.7. The Kier molecular flexibility index (Phi) is 4.90. The molecule has 1 aromatic carbocycles. The van der Waals surface area contributed by atoms with Crippen molar-refractivity contribution >= 4 is 21.6 Å². The molecule has 6 heteroatoms. The third-order valence-electron chi connectivity index (χ3n) is 3.12. The fourth-order valence-electron chi connectivity index (χ4n) is 1.93. The first-order valence-corrected chi connectivity index (χ1v) is 7.15. The first-order valence-electron chi connectivity index (χ1n) is 6.36. The molecule has 0 aliphatic carbocycles. The van der Waals surface area contributed by atoms with Gasteiger partial charge in [-0.2, -0.15) is 0 Å². The van der Waals surface area contributed by atoms with Gasteiger partial charge in [0.2, 0.25) is 5.56 Å². The molecule has 1 N–H and O–H groups in total. The van der Waals surface area contributed by atoms with E-state index in [0.717, 1.165) is 15.7 Å². The van der Waals surface area contributed by atoms with Gasteiger partial charge >= 0.3 is 0 Å². The van der Waals surface area contributed by atoms with E-state index in [0.29, 0.717) is 18.0 Å². The molecule has 2 rings (SSSR count). The summed E-state index contributed by atoms with van der Waals surface area (Å²) in [6.07, 6.45) is 1.76. The Morgan fingerprint density at radius 3 is 2.48 bits per heavy atom. The normalized spacial score (nSPS) is 10.3. The van der Waals surface area contributed by atoms with Gasteiger partial charge in [-0.1, -0.05) is 15.9 Å². The number of pyridine rings is 1. The maximum absolute atomic E-state index is 11.4. The van der Waals surface area contributed by atoms with Crippen LogP contribution in [0.1, 0.15) is 5.56 Å². The van der Waals surface area contributed by atoms with E-state index in [1.165, 1.54) is 10.6 Å². The minimum Gasteiger partial charge on any atom is -0.493 e. The molecule has 0 bridgehead atoms. The fourth-order valence-corrected chi connectivity index (χ4v) is 2.39. The Morgan fingerprint density at radius 1 is 1.19 bits per heavy atom. The Hall–Kier alpha value is -1.95. The molecule has 0 aliphatic rings. The van der Waals surface area contributed by atoms with E-state index in [1.807, 2.05) is 12.1 Å². The highest BCUT2D eigenvalue weighted by Gasteiger charge is 2.09. The average molecular weight is 353 g/mol. The number of ether oxygens (including phenoxy) is 2. The SMILES string of the molecule is COc1cc(Br)c(CNc2ccc(=O)n(C)c2)cc1OC. The van der Waals surface area contributed by atoms with E-state index in [1.54, 1.807) is 33.5 Å². The lowest BCUT2D eigenvalue weighted by Crippen LogP contribution is -2.15. The number of methoxy groups -OCH3 is 2. The van der Waals surface area contributed by atoms with E-state index in [2.05, 4.69) is 21.2 Å². The van der Waals surface area contributed by atoms with Gasteiger partial charge in [0.05, 0.1) is 19.9 Å². The quantitative estimate of drug-likeness (QED) is 0.898. The molecule has 21 heavy (non-hydrogen) atoms. The average Bonchev–Trinajstić information content (AvgIpc) is 2.49. The molecule has 0 amide bonds. The topological polar surface area (TPSA) is 52.5 Å². The van der Waals surface area contributed by atoms with Crippen LogP contribution < -0.4 is 20.3 Å². The molecule has 0 unspecified atom stereocenters. The molecule has 0 radical (unpaired) electrons. The lowest BCUT2D eigenvalue weighted by molar-refractivity contribution is 0.354. The van der Waals surface area contributed by atoms with Crippen molar-refractivity contribution in [3.8, 4) is 11.5 Å². The molecular formula is C15H17BrN2O3. The second-order valence-corrected chi connectivity index (χ2v) is 5.37. The lowest BCUT2D eigenvalue weighted by atomic mass is 10.2. The van der Waals surface area contributed by atoms with E-state index >= 15 is 0 Å². The largest absolute Gasteiger partial charge is 0.493 e. The van der Waals surface area contributed by atoms with Crippen LogP contribution in [0.25, 0.3) is 0 Å². The molecule has 2 aromatic rings. The molecule has 112 valence electrons. The van der Waals surface area contributed by atoms with Gasteiger partial charge in [0.25, 0.3) is 0 Å². The molecule has 0 aliphatic heterocycles. The highest BCUT2D eigenvalue weighted by Crippen LogP contribution is 2.33. The summed E-state index contributed by atoms with van der Waals surface area (Å²) < 4.78 is 13.0. The third-order valence-corrected chi connectivity index (χ3v) is 3.86. The molecule has 5 nitrogen and oxygen atoms in total. The van der Waals surface area contributed by atoms with Crippen molar-refractivity contribution in [1.29, 1.82) is 0 Å². The molecule has 0 atom stereocenters. The van der Waals surface area contributed by atoms with Crippen molar-refractivity contribution in [3.63, 3.8) is 0 Å². The minimum atomic E-state index is -0.0344. The zero-order chi connectivity index (χ0) is 15.4. The van der Waals surface area contributed by atoms with Crippen LogP contribution in [-0.4, -0.2) is 18.8 Å². The first-order chi connectivity index (χ1) is 10.0. The van der Waals surface area contributed by atoms with Crippen LogP contribution in [0, 0.1) is 0 Å². The summed E-state index contributed by atoms with van der Waals surface area (Å²) in [6.45, 7) is 0.596. The number of aromatic nitrogens is 1. The second kappa shape index (κ2) is 6.67. The lowest BCUT2D eigenvalue weighted by Gasteiger charge is -2.13. The number of rotatable bonds is 5. The summed E-state index contributed by atoms with van der Waals surface area (Å²) in [7, 11) is 4.93. The Morgan fingerprint density at radius 2 is 1.86 bits per heavy atom. The molecule has 1 heterocycles. The predicted molar refractivity (Wildman–Crippen MR) is 86.3 cm³/mol. The molecule has 1 aromatic heterocycles. The molecule has 0 spiro atoms. The van der Waals surface area contributed by atoms with Crippen LogP contribution >= 0.6 is 15.9 Å². The van der Waals surface area contributed by atoms with Crippen molar-refractivity contribution in [2.45, 2.75) is 6.54 Å². The van der Waals surface area contributed by atoms with Crippen LogP contribution in [0.4, 0.5) is 5.69 Å². The van der Waals surface area contributed by atoms with Gasteiger partial charge in [-0.15, -0.1) is 0 Å². The van der Waals surface area contributed by atoms with E-state index in [-0.39, 0.29) is 5.56 Å². The summed E-state index contributed by atoms with van der Waals surface area (Å²) in [5.74, 6) is 1.35. The predicted octanol–water partition coefficient (Wildman–Crippen LogP) is 2.78. The third kappa shape index (κ3) is 3.58. The first kappa shape index (κ1) is 15.4. The number of anilines is 1. The van der Waals surface area contributed by atoms with Gasteiger partial charge < -0.3 is 19.4 Å². The van der Waals surface area contributed by atoms with E-state index in [9.17, 15) is 4.79 Å². The number of nitrogens with zero attached hydrogens (tertiary/aromatic N) is 1. The van der Waals surface area contributed by atoms with E-state index < -0.39 is 0 Å². The van der Waals surface area contributed by atoms with Gasteiger partial charge in [0, 0.05) is 30.3 Å². The van der Waals surface area contributed by atoms with Crippen LogP contribution in [0.3, 0.4) is 0 Å². The highest BCUT2D eigenvalue weighted by molar-refractivity contribution is 9.10. The smallest absolute Gasteiger partial charge is 0.250 e. The standard InChI is InChI=1S/C15H17BrN2O3/c1-18-9-11(4-5-15(18)19)17-8-10-6-13(20-2)14(21-3)7-12(10)16/h4-7,9,17H,8H2,1-3H3. The van der Waals surface area contributed by atoms with Crippen LogP contribution in [0.5, 0.6) is 11.5 Å². The minimum absolute atomic E-state index is 0.0344. The number of hydrogen-bond donors (Lipinski definition) is 1. The summed E-state index contributed by atoms with van der Waals surface area (Å²) in [6, 6.07) is 7.08. The number of aryl methyl sites for hydroxylation is 1. The van der Waals surface area contributed by atoms with Gasteiger partial charge in [-0.25, -0.2) is 0 Å². The second-order valence-electron chi connectivity index (χ2n) is 4.52. The monoisotopic (exact) mass is 352 g/mol. The zero-order valence-electron chi connectivity index (χ0n) is 12.1. The maximum Gasteiger partial charge on any atom is 0.250 e. The van der Waals surface area contributed by atoms with Crippen molar-refractivity contribution in [3.05, 3.63) is 50.9 Å². The van der Waals surface area contributed by atoms with Crippen LogP contribution in [-0.2, 0) is 13.6 Å². The van der Waals surface area contributed by atoms with Crippen LogP contribution in [0.2, 0.25) is 0 Å². The van der Waals surface area contributed by atoms with Gasteiger partial charge in [-0.05, 0) is 23.8 Å². The molecule has 0 saturated heterocycles. The van der Waals surface area contributed by atoms with Gasteiger partial charge in [-0.3, -0.25) is 4.79 Å². The maximum atomic E-state index is 11.4. The summed E-state index contributed by atoms with van der Waals surface area (Å²) in [5, 5.41) is 3.27. The summed E-state index contributed by atoms with van der Waals surface area (Å²) >= 11 is 3.52. The van der Waals surface area contributed by atoms with Crippen molar-refractivity contribution < 1.29 is 9.47 Å². The van der Waals surface area contributed by atoms with Gasteiger partial charge in [0.15, 0.2) is 11.5 Å².